The van der Waals surface area contributed by atoms with Gasteiger partial charge in [-0.2, -0.15) is 0 Å². The number of nitrogens with one attached hydrogen (secondary N) is 2. The predicted molar refractivity (Wildman–Crippen MR) is 114 cm³/mol. The summed E-state index contributed by atoms with van der Waals surface area (Å²) in [5.41, 5.74) is 1.31. The van der Waals surface area contributed by atoms with Gasteiger partial charge in [0.05, 0.1) is 28.9 Å². The summed E-state index contributed by atoms with van der Waals surface area (Å²) in [5.74, 6) is -1.28. The summed E-state index contributed by atoms with van der Waals surface area (Å²) < 4.78 is 14.5. The highest BCUT2D eigenvalue weighted by atomic mass is 35.5. The van der Waals surface area contributed by atoms with Crippen molar-refractivity contribution in [2.45, 2.75) is 25.5 Å². The number of carbonyl (C=O) groups is 2. The van der Waals surface area contributed by atoms with Gasteiger partial charge in [0.15, 0.2) is 0 Å². The van der Waals surface area contributed by atoms with E-state index in [2.05, 4.69) is 10.6 Å². The number of aliphatic hydroxyl groups is 1. The van der Waals surface area contributed by atoms with Crippen LogP contribution in [-0.2, 0) is 11.3 Å². The second-order valence-electron chi connectivity index (χ2n) is 7.09. The van der Waals surface area contributed by atoms with Crippen LogP contribution in [0, 0.1) is 5.82 Å². The molecule has 0 atom stereocenters. The molecule has 2 aromatic carbocycles. The summed E-state index contributed by atoms with van der Waals surface area (Å²) in [6.45, 7) is 1.10. The van der Waals surface area contributed by atoms with E-state index in [-0.39, 0.29) is 35.6 Å². The number of hydrogen-bond acceptors (Lipinski definition) is 4. The first kappa shape index (κ1) is 22.3. The van der Waals surface area contributed by atoms with Crippen LogP contribution in [0.1, 0.15) is 28.8 Å². The number of hydrogen-bond donors (Lipinski definition) is 3. The first-order valence-corrected chi connectivity index (χ1v) is 10.3. The van der Waals surface area contributed by atoms with Crippen molar-refractivity contribution in [1.29, 1.82) is 0 Å². The topological polar surface area (TPSA) is 81.7 Å². The minimum absolute atomic E-state index is 0.131. The Hall–Kier alpha value is -2.35. The van der Waals surface area contributed by atoms with Crippen molar-refractivity contribution in [3.8, 4) is 0 Å². The minimum atomic E-state index is -0.492. The molecule has 1 saturated heterocycles. The van der Waals surface area contributed by atoms with E-state index in [1.54, 1.807) is 12.1 Å². The third kappa shape index (κ3) is 5.84. The van der Waals surface area contributed by atoms with Crippen molar-refractivity contribution in [3.05, 3.63) is 63.4 Å². The van der Waals surface area contributed by atoms with E-state index < -0.39 is 11.8 Å². The van der Waals surface area contributed by atoms with Crippen molar-refractivity contribution in [3.63, 3.8) is 0 Å². The molecule has 0 saturated carbocycles. The lowest BCUT2D eigenvalue weighted by Gasteiger charge is -2.31. The van der Waals surface area contributed by atoms with Gasteiger partial charge >= 0.3 is 0 Å². The Morgan fingerprint density at radius 3 is 2.50 bits per heavy atom. The number of rotatable bonds is 6. The molecular formula is C21H22Cl2FN3O3. The van der Waals surface area contributed by atoms with E-state index in [0.717, 1.165) is 0 Å². The maximum Gasteiger partial charge on any atom is 0.253 e. The van der Waals surface area contributed by atoms with Gasteiger partial charge in [0.2, 0.25) is 5.91 Å². The second-order valence-corrected chi connectivity index (χ2v) is 7.93. The zero-order valence-electron chi connectivity index (χ0n) is 16.1. The number of anilines is 1. The molecule has 30 heavy (non-hydrogen) atoms. The Morgan fingerprint density at radius 2 is 1.83 bits per heavy atom. The molecule has 1 heterocycles. The number of halogens is 3. The average molecular weight is 454 g/mol. The highest BCUT2D eigenvalue weighted by molar-refractivity contribution is 6.36. The number of aliphatic hydroxyl groups excluding tert-OH is 1. The monoisotopic (exact) mass is 453 g/mol. The molecule has 1 aliphatic rings. The van der Waals surface area contributed by atoms with Crippen molar-refractivity contribution in [1.82, 2.24) is 10.6 Å². The van der Waals surface area contributed by atoms with Crippen LogP contribution in [0.15, 0.2) is 36.4 Å². The summed E-state index contributed by atoms with van der Waals surface area (Å²) in [6, 6.07) is 9.27. The van der Waals surface area contributed by atoms with Crippen molar-refractivity contribution in [2.24, 2.45) is 0 Å². The van der Waals surface area contributed by atoms with Crippen molar-refractivity contribution in [2.75, 3.05) is 24.5 Å². The smallest absolute Gasteiger partial charge is 0.253 e. The quantitative estimate of drug-likeness (QED) is 0.627. The SMILES string of the molecule is O=C(CNC(=O)c1ccc(Cl)cc1Cl)NCc1ccc(N2CCC(O)CC2)c(F)c1. The summed E-state index contributed by atoms with van der Waals surface area (Å²) in [4.78, 5) is 26.0. The molecule has 0 radical (unpaired) electrons. The molecule has 9 heteroatoms. The van der Waals surface area contributed by atoms with E-state index in [1.807, 2.05) is 4.90 Å². The Bertz CT molecular complexity index is 934. The molecule has 2 amide bonds. The Morgan fingerprint density at radius 1 is 1.10 bits per heavy atom. The van der Waals surface area contributed by atoms with E-state index in [4.69, 9.17) is 23.2 Å². The number of carbonyl (C=O) groups excluding carboxylic acids is 2. The molecule has 0 spiro atoms. The Kier molecular flexibility index (Phi) is 7.53. The number of piperidine rings is 1. The van der Waals surface area contributed by atoms with Crippen LogP contribution in [0.3, 0.4) is 0 Å². The lowest BCUT2D eigenvalue weighted by Crippen LogP contribution is -2.37. The summed E-state index contributed by atoms with van der Waals surface area (Å²) in [6.07, 6.45) is 0.906. The van der Waals surface area contributed by atoms with Gasteiger partial charge in [-0.05, 0) is 48.7 Å². The molecular weight excluding hydrogens is 432 g/mol. The van der Waals surface area contributed by atoms with Crippen LogP contribution in [0.4, 0.5) is 10.1 Å². The van der Waals surface area contributed by atoms with Gasteiger partial charge in [-0.15, -0.1) is 0 Å². The molecule has 0 bridgehead atoms. The first-order valence-electron chi connectivity index (χ1n) is 9.55. The molecule has 6 nitrogen and oxygen atoms in total. The average Bonchev–Trinajstić information content (AvgIpc) is 2.71. The van der Waals surface area contributed by atoms with Crippen LogP contribution in [0.2, 0.25) is 10.0 Å². The normalized spacial score (nSPS) is 14.5. The largest absolute Gasteiger partial charge is 0.393 e. The minimum Gasteiger partial charge on any atom is -0.393 e. The highest BCUT2D eigenvalue weighted by Gasteiger charge is 2.20. The lowest BCUT2D eigenvalue weighted by molar-refractivity contribution is -0.120. The Labute approximate surface area is 184 Å². The molecule has 0 aromatic heterocycles. The predicted octanol–water partition coefficient (Wildman–Crippen LogP) is 3.14. The summed E-state index contributed by atoms with van der Waals surface area (Å²) in [5, 5.41) is 15.3. The van der Waals surface area contributed by atoms with Crippen molar-refractivity contribution < 1.29 is 19.1 Å². The van der Waals surface area contributed by atoms with Gasteiger partial charge in [-0.3, -0.25) is 9.59 Å². The zero-order valence-corrected chi connectivity index (χ0v) is 17.6. The van der Waals surface area contributed by atoms with Gasteiger partial charge in [0, 0.05) is 24.7 Å². The maximum atomic E-state index is 14.5. The molecule has 1 fully saturated rings. The number of amides is 2. The van der Waals surface area contributed by atoms with E-state index in [9.17, 15) is 19.1 Å². The summed E-state index contributed by atoms with van der Waals surface area (Å²) in [7, 11) is 0. The molecule has 0 unspecified atom stereocenters. The van der Waals surface area contributed by atoms with E-state index in [0.29, 0.717) is 42.2 Å². The zero-order chi connectivity index (χ0) is 21.7. The third-order valence-corrected chi connectivity index (χ3v) is 5.44. The van der Waals surface area contributed by atoms with E-state index >= 15 is 0 Å². The van der Waals surface area contributed by atoms with Crippen LogP contribution >= 0.6 is 23.2 Å². The van der Waals surface area contributed by atoms with Gasteiger partial charge in [-0.25, -0.2) is 4.39 Å². The number of nitrogens with zero attached hydrogens (tertiary/aromatic N) is 1. The fraction of sp³-hybridized carbons (Fsp3) is 0.333. The molecule has 3 rings (SSSR count). The van der Waals surface area contributed by atoms with Crippen LogP contribution < -0.4 is 15.5 Å². The fourth-order valence-electron chi connectivity index (χ4n) is 3.22. The molecule has 1 aliphatic heterocycles. The molecule has 2 aromatic rings. The standard InChI is InChI=1S/C21H22Cl2FN3O3/c22-14-2-3-16(17(23)10-14)21(30)26-12-20(29)25-11-13-1-4-19(18(24)9-13)27-7-5-15(28)6-8-27/h1-4,9-10,15,28H,5-8,11-12H2,(H,25,29)(H,26,30). The van der Waals surface area contributed by atoms with Crippen molar-refractivity contribution >= 4 is 40.7 Å². The van der Waals surface area contributed by atoms with Gasteiger partial charge in [-0.1, -0.05) is 29.3 Å². The van der Waals surface area contributed by atoms with Gasteiger partial charge < -0.3 is 20.6 Å². The van der Waals surface area contributed by atoms with E-state index in [1.165, 1.54) is 24.3 Å². The number of benzene rings is 2. The van der Waals surface area contributed by atoms with Gasteiger partial charge in [0.25, 0.3) is 5.91 Å². The van der Waals surface area contributed by atoms with Crippen LogP contribution in [0.5, 0.6) is 0 Å². The van der Waals surface area contributed by atoms with Gasteiger partial charge in [0.1, 0.15) is 5.82 Å². The second kappa shape index (κ2) is 10.1. The maximum absolute atomic E-state index is 14.5. The first-order chi connectivity index (χ1) is 14.3. The van der Waals surface area contributed by atoms with Crippen LogP contribution in [0.25, 0.3) is 0 Å². The molecule has 0 aliphatic carbocycles. The lowest BCUT2D eigenvalue weighted by atomic mass is 10.1. The summed E-state index contributed by atoms with van der Waals surface area (Å²) >= 11 is 11.8. The van der Waals surface area contributed by atoms with Crippen LogP contribution in [-0.4, -0.2) is 42.7 Å². The third-order valence-electron chi connectivity index (χ3n) is 4.89. The molecule has 3 N–H and O–H groups in total. The molecule has 160 valence electrons. The highest BCUT2D eigenvalue weighted by Crippen LogP contribution is 2.24. The Balaban J connectivity index is 1.48. The fourth-order valence-corrected chi connectivity index (χ4v) is 3.71.